The molecule has 0 unspecified atom stereocenters. The van der Waals surface area contributed by atoms with Crippen LogP contribution < -0.4 is 5.56 Å². The van der Waals surface area contributed by atoms with Crippen LogP contribution in [0.1, 0.15) is 0 Å². The van der Waals surface area contributed by atoms with Crippen molar-refractivity contribution in [3.63, 3.8) is 0 Å². The highest BCUT2D eigenvalue weighted by Gasteiger charge is 2.29. The predicted molar refractivity (Wildman–Crippen MR) is 97.3 cm³/mol. The number of hydrogen-bond acceptors (Lipinski definition) is 8. The van der Waals surface area contributed by atoms with Crippen LogP contribution in [0.3, 0.4) is 0 Å². The Balaban J connectivity index is 1.36. The number of piperazine rings is 1. The van der Waals surface area contributed by atoms with E-state index in [1.807, 2.05) is 0 Å². The van der Waals surface area contributed by atoms with Gasteiger partial charge in [0.05, 0.1) is 12.7 Å². The van der Waals surface area contributed by atoms with Gasteiger partial charge in [-0.05, 0) is 12.1 Å². The highest BCUT2D eigenvalue weighted by molar-refractivity contribution is 7.89. The molecule has 11 nitrogen and oxygen atoms in total. The Kier molecular flexibility index (Phi) is 5.07. The van der Waals surface area contributed by atoms with Crippen molar-refractivity contribution in [1.29, 1.82) is 0 Å². The third-order valence-corrected chi connectivity index (χ3v) is 6.44. The minimum atomic E-state index is -3.57. The molecule has 0 N–H and O–H groups in total. The minimum absolute atomic E-state index is 0.0622. The molecule has 148 valence electrons. The first-order chi connectivity index (χ1) is 13.5. The van der Waals surface area contributed by atoms with E-state index in [0.717, 1.165) is 6.26 Å². The van der Waals surface area contributed by atoms with Gasteiger partial charge in [-0.3, -0.25) is 9.69 Å². The molecule has 1 aliphatic heterocycles. The van der Waals surface area contributed by atoms with E-state index in [1.165, 1.54) is 21.3 Å². The second kappa shape index (κ2) is 7.66. The molecule has 28 heavy (non-hydrogen) atoms. The standard InChI is InChI=1S/C16H19N7O4S/c24-16-3-2-15(22-5-1-4-17-22)19-23(16)11-8-20-6-9-21(10-7-20)28(25,26)14-12-18-27-13-14/h1-5,12-13H,6-11H2. The fraction of sp³-hybridized carbons (Fsp3) is 0.375. The lowest BCUT2D eigenvalue weighted by molar-refractivity contribution is 0.180. The zero-order chi connectivity index (χ0) is 19.6. The van der Waals surface area contributed by atoms with Crippen LogP contribution in [0.15, 0.2) is 57.3 Å². The number of aromatic nitrogens is 5. The highest BCUT2D eigenvalue weighted by atomic mass is 32.2. The first-order valence-corrected chi connectivity index (χ1v) is 10.2. The van der Waals surface area contributed by atoms with Gasteiger partial charge in [-0.2, -0.15) is 9.40 Å². The van der Waals surface area contributed by atoms with E-state index in [9.17, 15) is 13.2 Å². The summed E-state index contributed by atoms with van der Waals surface area (Å²) in [5, 5.41) is 11.9. The Morgan fingerprint density at radius 3 is 2.61 bits per heavy atom. The van der Waals surface area contributed by atoms with Crippen LogP contribution in [-0.4, -0.2) is 75.1 Å². The zero-order valence-electron chi connectivity index (χ0n) is 15.0. The maximum Gasteiger partial charge on any atom is 0.266 e. The van der Waals surface area contributed by atoms with Gasteiger partial charge >= 0.3 is 0 Å². The van der Waals surface area contributed by atoms with E-state index >= 15 is 0 Å². The Morgan fingerprint density at radius 2 is 1.93 bits per heavy atom. The molecule has 1 aliphatic rings. The molecule has 0 spiro atoms. The molecule has 1 fully saturated rings. The molecule has 0 radical (unpaired) electrons. The van der Waals surface area contributed by atoms with Crippen LogP contribution in [0.4, 0.5) is 0 Å². The number of sulfonamides is 1. The first-order valence-electron chi connectivity index (χ1n) is 8.74. The van der Waals surface area contributed by atoms with Crippen molar-refractivity contribution in [2.75, 3.05) is 32.7 Å². The van der Waals surface area contributed by atoms with Gasteiger partial charge in [0.2, 0.25) is 10.0 Å². The zero-order valence-corrected chi connectivity index (χ0v) is 15.8. The molecule has 1 saturated heterocycles. The van der Waals surface area contributed by atoms with Gasteiger partial charge in [0.25, 0.3) is 5.56 Å². The van der Waals surface area contributed by atoms with Crippen molar-refractivity contribution in [3.05, 3.63) is 53.4 Å². The first kappa shape index (κ1) is 18.5. The van der Waals surface area contributed by atoms with Crippen molar-refractivity contribution in [2.24, 2.45) is 0 Å². The van der Waals surface area contributed by atoms with E-state index in [0.29, 0.717) is 45.1 Å². The second-order valence-electron chi connectivity index (χ2n) is 6.31. The van der Waals surface area contributed by atoms with Crippen molar-refractivity contribution in [3.8, 4) is 5.82 Å². The summed E-state index contributed by atoms with van der Waals surface area (Å²) in [5.74, 6) is 0.564. The van der Waals surface area contributed by atoms with Crippen LogP contribution in [0.5, 0.6) is 0 Å². The van der Waals surface area contributed by atoms with Crippen LogP contribution >= 0.6 is 0 Å². The van der Waals surface area contributed by atoms with Gasteiger partial charge in [0.15, 0.2) is 5.82 Å². The van der Waals surface area contributed by atoms with Crippen LogP contribution in [0.2, 0.25) is 0 Å². The van der Waals surface area contributed by atoms with Crippen LogP contribution in [0.25, 0.3) is 5.82 Å². The van der Waals surface area contributed by atoms with Crippen molar-refractivity contribution < 1.29 is 12.9 Å². The van der Waals surface area contributed by atoms with Crippen molar-refractivity contribution in [2.45, 2.75) is 11.4 Å². The van der Waals surface area contributed by atoms with Crippen LogP contribution in [0, 0.1) is 0 Å². The average Bonchev–Trinajstić information content (AvgIpc) is 3.42. The van der Waals surface area contributed by atoms with Gasteiger partial charge < -0.3 is 4.52 Å². The normalized spacial score (nSPS) is 16.4. The summed E-state index contributed by atoms with van der Waals surface area (Å²) in [6, 6.07) is 4.87. The van der Waals surface area contributed by atoms with Gasteiger partial charge in [-0.15, -0.1) is 5.10 Å². The molecule has 4 rings (SSSR count). The number of hydrogen-bond donors (Lipinski definition) is 0. The number of nitrogens with zero attached hydrogens (tertiary/aromatic N) is 7. The molecule has 0 amide bonds. The molecule has 0 atom stereocenters. The molecule has 3 aromatic rings. The van der Waals surface area contributed by atoms with Gasteiger partial charge in [-0.1, -0.05) is 5.16 Å². The quantitative estimate of drug-likeness (QED) is 0.534. The fourth-order valence-corrected chi connectivity index (χ4v) is 4.31. The van der Waals surface area contributed by atoms with E-state index in [1.54, 1.807) is 29.2 Å². The molecule has 0 saturated carbocycles. The number of rotatable bonds is 6. The van der Waals surface area contributed by atoms with E-state index in [-0.39, 0.29) is 10.5 Å². The van der Waals surface area contributed by atoms with Crippen molar-refractivity contribution >= 4 is 10.0 Å². The lowest BCUT2D eigenvalue weighted by atomic mass is 10.3. The molecule has 3 aromatic heterocycles. The summed E-state index contributed by atoms with van der Waals surface area (Å²) >= 11 is 0. The summed E-state index contributed by atoms with van der Waals surface area (Å²) in [4.78, 5) is 14.2. The summed E-state index contributed by atoms with van der Waals surface area (Å²) in [6.45, 7) is 2.87. The van der Waals surface area contributed by atoms with Gasteiger partial charge in [-0.25, -0.2) is 17.8 Å². The molecule has 0 aliphatic carbocycles. The van der Waals surface area contributed by atoms with E-state index < -0.39 is 10.0 Å². The Labute approximate surface area is 160 Å². The van der Waals surface area contributed by atoms with E-state index in [2.05, 4.69) is 24.8 Å². The monoisotopic (exact) mass is 405 g/mol. The maximum atomic E-state index is 12.5. The summed E-state index contributed by atoms with van der Waals surface area (Å²) in [7, 11) is -3.57. The molecular formula is C16H19N7O4S. The van der Waals surface area contributed by atoms with Crippen LogP contribution in [-0.2, 0) is 16.6 Å². The van der Waals surface area contributed by atoms with Gasteiger partial charge in [0, 0.05) is 51.2 Å². The summed E-state index contributed by atoms with van der Waals surface area (Å²) in [5.41, 5.74) is -0.190. The molecule has 12 heteroatoms. The Morgan fingerprint density at radius 1 is 1.11 bits per heavy atom. The van der Waals surface area contributed by atoms with E-state index in [4.69, 9.17) is 0 Å². The maximum absolute atomic E-state index is 12.5. The summed E-state index contributed by atoms with van der Waals surface area (Å²) < 4.78 is 34.0. The Hall–Kier alpha value is -2.83. The highest BCUT2D eigenvalue weighted by Crippen LogP contribution is 2.16. The third-order valence-electron chi connectivity index (χ3n) is 4.60. The SMILES string of the molecule is O=c1ccc(-n2cccn2)nn1CCN1CCN(S(=O)(=O)c2cnoc2)CC1. The summed E-state index contributed by atoms with van der Waals surface area (Å²) in [6.07, 6.45) is 5.73. The third kappa shape index (κ3) is 3.74. The molecule has 4 heterocycles. The molecule has 0 aromatic carbocycles. The predicted octanol–water partition coefficient (Wildman–Crippen LogP) is -0.576. The van der Waals surface area contributed by atoms with Crippen molar-refractivity contribution in [1.82, 2.24) is 33.9 Å². The minimum Gasteiger partial charge on any atom is -0.363 e. The lowest BCUT2D eigenvalue weighted by Gasteiger charge is -2.33. The molecular weight excluding hydrogens is 386 g/mol. The molecule has 0 bridgehead atoms. The topological polar surface area (TPSA) is 119 Å². The Bertz CT molecular complexity index is 1070. The average molecular weight is 405 g/mol. The smallest absolute Gasteiger partial charge is 0.266 e. The largest absolute Gasteiger partial charge is 0.363 e. The lowest BCUT2D eigenvalue weighted by Crippen LogP contribution is -2.49. The van der Waals surface area contributed by atoms with Gasteiger partial charge in [0.1, 0.15) is 11.2 Å². The fourth-order valence-electron chi connectivity index (χ4n) is 3.03. The second-order valence-corrected chi connectivity index (χ2v) is 8.25.